The van der Waals surface area contributed by atoms with E-state index < -0.39 is 0 Å². The van der Waals surface area contributed by atoms with Gasteiger partial charge in [-0.15, -0.1) is 0 Å². The van der Waals surface area contributed by atoms with Gasteiger partial charge in [-0.25, -0.2) is 4.98 Å². The lowest BCUT2D eigenvalue weighted by atomic mass is 10.1. The van der Waals surface area contributed by atoms with Crippen LogP contribution in [-0.2, 0) is 9.59 Å². The molecule has 0 aliphatic carbocycles. The number of allylic oxidation sites excluding steroid dienone is 2. The number of hydrogen-bond acceptors (Lipinski definition) is 3. The van der Waals surface area contributed by atoms with Crippen molar-refractivity contribution in [3.05, 3.63) is 72.1 Å². The monoisotopic (exact) mass is 302 g/mol. The lowest BCUT2D eigenvalue weighted by Crippen LogP contribution is -1.83. The van der Waals surface area contributed by atoms with Gasteiger partial charge in [0.05, 0.1) is 5.69 Å². The SMILES string of the molecule is O=C/C=C\c1ccc(-c2cn3cc(/C=C/C=O)ccc3n2)cc1. The van der Waals surface area contributed by atoms with Crippen molar-refractivity contribution in [2.75, 3.05) is 0 Å². The molecule has 0 aliphatic rings. The lowest BCUT2D eigenvalue weighted by molar-refractivity contribution is -0.104. The molecule has 4 heteroatoms. The van der Waals surface area contributed by atoms with E-state index in [9.17, 15) is 9.59 Å². The Kier molecular flexibility index (Phi) is 4.25. The van der Waals surface area contributed by atoms with E-state index in [2.05, 4.69) is 4.98 Å². The first kappa shape index (κ1) is 14.7. The average molecular weight is 302 g/mol. The number of benzene rings is 1. The second kappa shape index (κ2) is 6.66. The van der Waals surface area contributed by atoms with Crippen molar-refractivity contribution in [1.29, 1.82) is 0 Å². The van der Waals surface area contributed by atoms with Gasteiger partial charge in [-0.05, 0) is 35.4 Å². The molecule has 1 aromatic carbocycles. The van der Waals surface area contributed by atoms with E-state index in [0.29, 0.717) is 0 Å². The first-order valence-electron chi connectivity index (χ1n) is 7.13. The maximum atomic E-state index is 10.4. The van der Waals surface area contributed by atoms with E-state index in [1.54, 1.807) is 12.2 Å². The normalized spacial score (nSPS) is 11.5. The second-order valence-electron chi connectivity index (χ2n) is 4.97. The average Bonchev–Trinajstić information content (AvgIpc) is 3.01. The number of pyridine rings is 1. The molecular weight excluding hydrogens is 288 g/mol. The molecule has 0 saturated carbocycles. The highest BCUT2D eigenvalue weighted by molar-refractivity contribution is 5.75. The molecule has 0 atom stereocenters. The van der Waals surface area contributed by atoms with E-state index in [1.807, 2.05) is 53.2 Å². The fraction of sp³-hybridized carbons (Fsp3) is 0. The van der Waals surface area contributed by atoms with Crippen molar-refractivity contribution in [3.63, 3.8) is 0 Å². The summed E-state index contributed by atoms with van der Waals surface area (Å²) < 4.78 is 1.93. The van der Waals surface area contributed by atoms with E-state index in [1.165, 1.54) is 12.2 Å². The van der Waals surface area contributed by atoms with Crippen molar-refractivity contribution in [1.82, 2.24) is 9.38 Å². The number of fused-ring (bicyclic) bond motifs is 1. The highest BCUT2D eigenvalue weighted by atomic mass is 16.1. The molecule has 3 rings (SSSR count). The molecule has 0 amide bonds. The van der Waals surface area contributed by atoms with Crippen LogP contribution in [0.3, 0.4) is 0 Å². The third kappa shape index (κ3) is 3.32. The predicted octanol–water partition coefficient (Wildman–Crippen LogP) is 3.43. The molecule has 4 nitrogen and oxygen atoms in total. The zero-order valence-electron chi connectivity index (χ0n) is 12.3. The van der Waals surface area contributed by atoms with Crippen molar-refractivity contribution in [2.24, 2.45) is 0 Å². The molecule has 3 aromatic rings. The van der Waals surface area contributed by atoms with Crippen LogP contribution < -0.4 is 0 Å². The standard InChI is InChI=1S/C19H14N2O2/c22-11-1-3-15-5-8-17(9-6-15)18-14-21-13-16(4-2-12-23)7-10-19(21)20-18/h1-14H/b3-1-,4-2+. The molecule has 2 heterocycles. The van der Waals surface area contributed by atoms with Crippen LogP contribution in [-0.4, -0.2) is 22.0 Å². The van der Waals surface area contributed by atoms with Crippen LogP contribution in [0.2, 0.25) is 0 Å². The summed E-state index contributed by atoms with van der Waals surface area (Å²) in [7, 11) is 0. The Balaban J connectivity index is 1.93. The molecule has 23 heavy (non-hydrogen) atoms. The van der Waals surface area contributed by atoms with Crippen LogP contribution in [0.15, 0.2) is 60.9 Å². The number of nitrogens with zero attached hydrogens (tertiary/aromatic N) is 2. The molecule has 0 aliphatic heterocycles. The van der Waals surface area contributed by atoms with Gasteiger partial charge in [0, 0.05) is 18.0 Å². The van der Waals surface area contributed by atoms with Crippen LogP contribution in [0.25, 0.3) is 29.1 Å². The quantitative estimate of drug-likeness (QED) is 0.536. The minimum absolute atomic E-state index is 0.754. The Labute approximate surface area is 133 Å². The summed E-state index contributed by atoms with van der Waals surface area (Å²) >= 11 is 0. The highest BCUT2D eigenvalue weighted by Gasteiger charge is 2.04. The number of aldehydes is 2. The van der Waals surface area contributed by atoms with Gasteiger partial charge >= 0.3 is 0 Å². The summed E-state index contributed by atoms with van der Waals surface area (Å²) in [6.45, 7) is 0. The van der Waals surface area contributed by atoms with E-state index in [4.69, 9.17) is 0 Å². The van der Waals surface area contributed by atoms with Gasteiger partial charge in [0.1, 0.15) is 18.2 Å². The Morgan fingerprint density at radius 3 is 2.13 bits per heavy atom. The Morgan fingerprint density at radius 1 is 0.783 bits per heavy atom. The van der Waals surface area contributed by atoms with Crippen LogP contribution in [0.1, 0.15) is 11.1 Å². The van der Waals surface area contributed by atoms with E-state index in [0.717, 1.165) is 40.6 Å². The number of rotatable bonds is 5. The summed E-state index contributed by atoms with van der Waals surface area (Å²) in [5, 5.41) is 0. The predicted molar refractivity (Wildman–Crippen MR) is 90.8 cm³/mol. The fourth-order valence-corrected chi connectivity index (χ4v) is 2.31. The van der Waals surface area contributed by atoms with Crippen LogP contribution in [0.4, 0.5) is 0 Å². The topological polar surface area (TPSA) is 51.4 Å². The van der Waals surface area contributed by atoms with Crippen molar-refractivity contribution >= 4 is 30.4 Å². The van der Waals surface area contributed by atoms with Crippen LogP contribution in [0, 0.1) is 0 Å². The molecule has 112 valence electrons. The Hall–Kier alpha value is -3.27. The number of imidazole rings is 1. The zero-order chi connectivity index (χ0) is 16.1. The van der Waals surface area contributed by atoms with Gasteiger partial charge in [0.15, 0.2) is 0 Å². The molecule has 0 N–H and O–H groups in total. The zero-order valence-corrected chi connectivity index (χ0v) is 12.3. The molecule has 0 bridgehead atoms. The maximum absolute atomic E-state index is 10.4. The van der Waals surface area contributed by atoms with Gasteiger partial charge in [-0.1, -0.05) is 36.4 Å². The van der Waals surface area contributed by atoms with E-state index in [-0.39, 0.29) is 0 Å². The minimum Gasteiger partial charge on any atom is -0.306 e. The van der Waals surface area contributed by atoms with Gasteiger partial charge in [0.2, 0.25) is 0 Å². The number of carbonyl (C=O) groups is 2. The summed E-state index contributed by atoms with van der Waals surface area (Å²) in [6.07, 6.45) is 11.8. The van der Waals surface area contributed by atoms with Crippen molar-refractivity contribution < 1.29 is 9.59 Å². The van der Waals surface area contributed by atoms with Gasteiger partial charge < -0.3 is 4.40 Å². The molecule has 0 unspecified atom stereocenters. The molecular formula is C19H14N2O2. The summed E-state index contributed by atoms with van der Waals surface area (Å²) in [6, 6.07) is 11.7. The molecule has 0 radical (unpaired) electrons. The molecule has 0 fully saturated rings. The second-order valence-corrected chi connectivity index (χ2v) is 4.97. The van der Waals surface area contributed by atoms with Crippen LogP contribution in [0.5, 0.6) is 0 Å². The maximum Gasteiger partial charge on any atom is 0.142 e. The Morgan fingerprint density at radius 2 is 1.43 bits per heavy atom. The van der Waals surface area contributed by atoms with Gasteiger partial charge in [-0.2, -0.15) is 0 Å². The summed E-state index contributed by atoms with van der Waals surface area (Å²) in [5.74, 6) is 0. The number of hydrogen-bond donors (Lipinski definition) is 0. The van der Waals surface area contributed by atoms with Crippen molar-refractivity contribution in [2.45, 2.75) is 0 Å². The Bertz CT molecular complexity index is 903. The van der Waals surface area contributed by atoms with E-state index >= 15 is 0 Å². The molecule has 0 saturated heterocycles. The van der Waals surface area contributed by atoms with Gasteiger partial charge in [-0.3, -0.25) is 9.59 Å². The fourth-order valence-electron chi connectivity index (χ4n) is 2.31. The first-order chi connectivity index (χ1) is 11.3. The highest BCUT2D eigenvalue weighted by Crippen LogP contribution is 2.20. The molecule has 0 spiro atoms. The minimum atomic E-state index is 0.754. The lowest BCUT2D eigenvalue weighted by Gasteiger charge is -1.97. The van der Waals surface area contributed by atoms with Gasteiger partial charge in [0.25, 0.3) is 0 Å². The summed E-state index contributed by atoms with van der Waals surface area (Å²) in [4.78, 5) is 25.3. The summed E-state index contributed by atoms with van der Waals surface area (Å²) in [5.41, 5.74) is 4.61. The molecule has 2 aromatic heterocycles. The third-order valence-electron chi connectivity index (χ3n) is 3.41. The third-order valence-corrected chi connectivity index (χ3v) is 3.41. The van der Waals surface area contributed by atoms with Crippen molar-refractivity contribution in [3.8, 4) is 11.3 Å². The van der Waals surface area contributed by atoms with Crippen LogP contribution >= 0.6 is 0 Å². The number of aromatic nitrogens is 2. The largest absolute Gasteiger partial charge is 0.306 e. The first-order valence-corrected chi connectivity index (χ1v) is 7.13. The smallest absolute Gasteiger partial charge is 0.142 e. The number of carbonyl (C=O) groups excluding carboxylic acids is 2.